The van der Waals surface area contributed by atoms with Gasteiger partial charge in [-0.05, 0) is 48.9 Å². The Morgan fingerprint density at radius 3 is 2.33 bits per heavy atom. The van der Waals surface area contributed by atoms with Crippen LogP contribution in [0.5, 0.6) is 0 Å². The minimum atomic E-state index is -0.635. The molecule has 2 amide bonds. The maximum Gasteiger partial charge on any atom is 0.262 e. The summed E-state index contributed by atoms with van der Waals surface area (Å²) >= 11 is 5.93. The van der Waals surface area contributed by atoms with Gasteiger partial charge in [0.1, 0.15) is 16.9 Å². The monoisotopic (exact) mass is 420 g/mol. The Bertz CT molecular complexity index is 1450. The summed E-state index contributed by atoms with van der Waals surface area (Å²) in [6, 6.07) is 11.6. The number of amides is 2. The van der Waals surface area contributed by atoms with E-state index in [0.717, 1.165) is 11.8 Å². The molecule has 9 nitrogen and oxygen atoms in total. The molecule has 148 valence electrons. The fourth-order valence-electron chi connectivity index (χ4n) is 3.52. The zero-order valence-corrected chi connectivity index (χ0v) is 16.3. The number of halogens is 1. The number of aryl methyl sites for hydroxylation is 1. The Balaban J connectivity index is 1.71. The van der Waals surface area contributed by atoms with E-state index in [4.69, 9.17) is 17.3 Å². The third-order valence-electron chi connectivity index (χ3n) is 4.95. The molecule has 3 N–H and O–H groups in total. The fourth-order valence-corrected chi connectivity index (χ4v) is 3.64. The van der Waals surface area contributed by atoms with Crippen molar-refractivity contribution in [2.75, 3.05) is 5.73 Å². The molecule has 0 bridgehead atoms. The standard InChI is InChI=1S/C20H13ClN6O3/c1-9-6-13-14(25-27(24-13)11-4-2-10(21)3-5-11)8-15(9)26-16(28)7-12-17(18(26)22)20(30)23-19(12)29/h2-8H,22H2,1H3,(H,23,29,30). The number of rotatable bonds is 2. The van der Waals surface area contributed by atoms with Crippen LogP contribution in [0.15, 0.2) is 47.3 Å². The molecule has 0 spiro atoms. The van der Waals surface area contributed by atoms with Gasteiger partial charge in [0.05, 0.1) is 22.5 Å². The van der Waals surface area contributed by atoms with Crippen molar-refractivity contribution in [3.05, 3.63) is 74.5 Å². The second-order valence-electron chi connectivity index (χ2n) is 6.87. The SMILES string of the molecule is Cc1cc2nn(-c3ccc(Cl)cc3)nc2cc1-n1c(N)c2c(cc1=O)C(=O)NC2=O. The van der Waals surface area contributed by atoms with Crippen LogP contribution in [0, 0.1) is 6.92 Å². The third kappa shape index (κ3) is 2.60. The Morgan fingerprint density at radius 1 is 0.967 bits per heavy atom. The molecule has 4 aromatic rings. The predicted molar refractivity (Wildman–Crippen MR) is 110 cm³/mol. The molecule has 30 heavy (non-hydrogen) atoms. The van der Waals surface area contributed by atoms with Crippen molar-refractivity contribution in [1.29, 1.82) is 0 Å². The normalized spacial score (nSPS) is 13.0. The molecule has 1 aliphatic rings. The number of fused-ring (bicyclic) bond motifs is 2. The molecular formula is C20H13ClN6O3. The number of anilines is 1. The lowest BCUT2D eigenvalue weighted by Crippen LogP contribution is -2.24. The summed E-state index contributed by atoms with van der Waals surface area (Å²) in [5, 5.41) is 11.7. The molecule has 0 atom stereocenters. The number of carbonyl (C=O) groups is 2. The molecule has 3 heterocycles. The second-order valence-corrected chi connectivity index (χ2v) is 7.30. The van der Waals surface area contributed by atoms with Crippen LogP contribution in [-0.4, -0.2) is 31.4 Å². The van der Waals surface area contributed by atoms with Crippen LogP contribution in [0.2, 0.25) is 5.02 Å². The quantitative estimate of drug-likeness (QED) is 0.478. The van der Waals surface area contributed by atoms with Gasteiger partial charge in [-0.1, -0.05) is 11.6 Å². The van der Waals surface area contributed by atoms with Crippen LogP contribution in [-0.2, 0) is 0 Å². The van der Waals surface area contributed by atoms with Gasteiger partial charge in [0.2, 0.25) is 0 Å². The number of hydrogen-bond acceptors (Lipinski definition) is 6. The van der Waals surface area contributed by atoms with Gasteiger partial charge in [-0.15, -0.1) is 10.2 Å². The number of nitrogens with two attached hydrogens (primary N) is 1. The first kappa shape index (κ1) is 18.1. The zero-order chi connectivity index (χ0) is 21.2. The number of nitrogens with zero attached hydrogens (tertiary/aromatic N) is 4. The maximum atomic E-state index is 12.7. The van der Waals surface area contributed by atoms with Crippen LogP contribution >= 0.6 is 11.6 Å². The van der Waals surface area contributed by atoms with Gasteiger partial charge in [0.25, 0.3) is 17.4 Å². The Morgan fingerprint density at radius 2 is 1.63 bits per heavy atom. The zero-order valence-electron chi connectivity index (χ0n) is 15.5. The first-order valence-electron chi connectivity index (χ1n) is 8.89. The number of carbonyl (C=O) groups excluding carboxylic acids is 2. The van der Waals surface area contributed by atoms with Crippen molar-refractivity contribution in [3.8, 4) is 11.4 Å². The summed E-state index contributed by atoms with van der Waals surface area (Å²) in [4.78, 5) is 38.2. The number of hydrogen-bond donors (Lipinski definition) is 2. The fraction of sp³-hybridized carbons (Fsp3) is 0.0500. The van der Waals surface area contributed by atoms with E-state index in [-0.39, 0.29) is 16.9 Å². The Hall–Kier alpha value is -3.98. The summed E-state index contributed by atoms with van der Waals surface area (Å²) in [5.74, 6) is -1.37. The molecule has 5 rings (SSSR count). The number of imide groups is 1. The van der Waals surface area contributed by atoms with Crippen LogP contribution in [0.25, 0.3) is 22.4 Å². The van der Waals surface area contributed by atoms with Gasteiger partial charge in [-0.2, -0.15) is 4.80 Å². The molecular weight excluding hydrogens is 408 g/mol. The molecule has 10 heteroatoms. The van der Waals surface area contributed by atoms with E-state index >= 15 is 0 Å². The molecule has 0 saturated heterocycles. The number of nitrogen functional groups attached to an aromatic ring is 1. The predicted octanol–water partition coefficient (Wildman–Crippen LogP) is 2.00. The van der Waals surface area contributed by atoms with Gasteiger partial charge in [-0.25, -0.2) is 0 Å². The molecule has 0 fully saturated rings. The molecule has 1 aliphatic heterocycles. The molecule has 0 saturated carbocycles. The number of nitrogens with one attached hydrogen (secondary N) is 1. The van der Waals surface area contributed by atoms with Crippen LogP contribution in [0.1, 0.15) is 26.3 Å². The summed E-state index contributed by atoms with van der Waals surface area (Å²) in [6.07, 6.45) is 0. The van der Waals surface area contributed by atoms with E-state index in [0.29, 0.717) is 27.3 Å². The first-order chi connectivity index (χ1) is 14.3. The van der Waals surface area contributed by atoms with Crippen LogP contribution in [0.3, 0.4) is 0 Å². The van der Waals surface area contributed by atoms with Gasteiger partial charge in [-0.3, -0.25) is 24.3 Å². The van der Waals surface area contributed by atoms with Crippen molar-refractivity contribution in [3.63, 3.8) is 0 Å². The number of aromatic nitrogens is 4. The Labute approximate surface area is 173 Å². The van der Waals surface area contributed by atoms with Crippen molar-refractivity contribution in [2.45, 2.75) is 6.92 Å². The summed E-state index contributed by atoms with van der Waals surface area (Å²) < 4.78 is 1.20. The van der Waals surface area contributed by atoms with E-state index < -0.39 is 17.4 Å². The van der Waals surface area contributed by atoms with E-state index in [1.165, 1.54) is 9.36 Å². The van der Waals surface area contributed by atoms with Gasteiger partial charge in [0, 0.05) is 11.1 Å². The van der Waals surface area contributed by atoms with Crippen molar-refractivity contribution < 1.29 is 9.59 Å². The van der Waals surface area contributed by atoms with E-state index in [1.54, 1.807) is 43.3 Å². The Kier molecular flexibility index (Phi) is 3.77. The highest BCUT2D eigenvalue weighted by atomic mass is 35.5. The highest BCUT2D eigenvalue weighted by Gasteiger charge is 2.32. The molecule has 2 aromatic heterocycles. The number of pyridine rings is 1. The minimum Gasteiger partial charge on any atom is -0.384 e. The topological polar surface area (TPSA) is 125 Å². The van der Waals surface area contributed by atoms with Gasteiger partial charge >= 0.3 is 0 Å². The van der Waals surface area contributed by atoms with E-state index in [9.17, 15) is 14.4 Å². The van der Waals surface area contributed by atoms with Crippen LogP contribution in [0.4, 0.5) is 5.82 Å². The average Bonchev–Trinajstić information content (AvgIpc) is 3.22. The average molecular weight is 421 g/mol. The summed E-state index contributed by atoms with van der Waals surface area (Å²) in [7, 11) is 0. The van der Waals surface area contributed by atoms with E-state index in [1.807, 2.05) is 0 Å². The van der Waals surface area contributed by atoms with Crippen LogP contribution < -0.4 is 16.6 Å². The van der Waals surface area contributed by atoms with Crippen molar-refractivity contribution in [1.82, 2.24) is 24.9 Å². The third-order valence-corrected chi connectivity index (χ3v) is 5.20. The lowest BCUT2D eigenvalue weighted by Gasteiger charge is -2.13. The van der Waals surface area contributed by atoms with Crippen molar-refractivity contribution >= 4 is 40.3 Å². The van der Waals surface area contributed by atoms with E-state index in [2.05, 4.69) is 15.5 Å². The lowest BCUT2D eigenvalue weighted by molar-refractivity contribution is 0.0880. The largest absolute Gasteiger partial charge is 0.384 e. The molecule has 0 aliphatic carbocycles. The minimum absolute atomic E-state index is 0.0103. The van der Waals surface area contributed by atoms with Crippen molar-refractivity contribution in [2.24, 2.45) is 0 Å². The lowest BCUT2D eigenvalue weighted by atomic mass is 10.1. The maximum absolute atomic E-state index is 12.7. The summed E-state index contributed by atoms with van der Waals surface area (Å²) in [6.45, 7) is 1.79. The van der Waals surface area contributed by atoms with Gasteiger partial charge in [0.15, 0.2) is 0 Å². The highest BCUT2D eigenvalue weighted by Crippen LogP contribution is 2.26. The highest BCUT2D eigenvalue weighted by molar-refractivity contribution is 6.30. The molecule has 2 aromatic carbocycles. The summed E-state index contributed by atoms with van der Waals surface area (Å²) in [5.41, 5.74) is 8.59. The molecule has 0 unspecified atom stereocenters. The number of benzene rings is 2. The second kappa shape index (κ2) is 6.26. The smallest absolute Gasteiger partial charge is 0.262 e. The van der Waals surface area contributed by atoms with Gasteiger partial charge < -0.3 is 5.73 Å². The molecule has 0 radical (unpaired) electrons. The first-order valence-corrected chi connectivity index (χ1v) is 9.26.